The van der Waals surface area contributed by atoms with Gasteiger partial charge >= 0.3 is 0 Å². The first-order valence-electron chi connectivity index (χ1n) is 4.89. The lowest BCUT2D eigenvalue weighted by atomic mass is 9.96. The van der Waals surface area contributed by atoms with E-state index in [1.807, 2.05) is 12.1 Å². The summed E-state index contributed by atoms with van der Waals surface area (Å²) in [6.07, 6.45) is 3.01. The smallest absolute Gasteiger partial charge is 0.137 e. The van der Waals surface area contributed by atoms with Gasteiger partial charge in [-0.3, -0.25) is 0 Å². The fourth-order valence-corrected chi connectivity index (χ4v) is 1.73. The summed E-state index contributed by atoms with van der Waals surface area (Å²) in [7, 11) is 0. The van der Waals surface area contributed by atoms with E-state index >= 15 is 0 Å². The van der Waals surface area contributed by atoms with E-state index in [-0.39, 0.29) is 0 Å². The molecule has 1 aromatic carbocycles. The van der Waals surface area contributed by atoms with Crippen molar-refractivity contribution in [3.63, 3.8) is 0 Å². The number of hydrogen-bond acceptors (Lipinski definition) is 3. The number of halogens is 1. The Morgan fingerprint density at radius 3 is 2.94 bits per heavy atom. The van der Waals surface area contributed by atoms with Crippen molar-refractivity contribution < 1.29 is 5.11 Å². The van der Waals surface area contributed by atoms with Crippen molar-refractivity contribution in [2.45, 2.75) is 19.1 Å². The maximum absolute atomic E-state index is 10.3. The first-order chi connectivity index (χ1) is 7.58. The van der Waals surface area contributed by atoms with Crippen LogP contribution in [0.15, 0.2) is 36.9 Å². The van der Waals surface area contributed by atoms with Crippen molar-refractivity contribution in [2.75, 3.05) is 0 Å². The quantitative estimate of drug-likeness (QED) is 0.886. The highest BCUT2D eigenvalue weighted by Crippen LogP contribution is 2.24. The largest absolute Gasteiger partial charge is 0.384 e. The third kappa shape index (κ3) is 2.40. The molecule has 0 aliphatic carbocycles. The minimum Gasteiger partial charge on any atom is -0.384 e. The molecule has 0 radical (unpaired) electrons. The summed E-state index contributed by atoms with van der Waals surface area (Å²) in [5.74, 6) is 0. The molecular formula is C11H12ClN3O. The molecule has 0 fully saturated rings. The zero-order chi connectivity index (χ0) is 11.6. The minimum atomic E-state index is -1.02. The molecule has 1 atom stereocenters. The summed E-state index contributed by atoms with van der Waals surface area (Å²) in [6, 6.07) is 7.17. The minimum absolute atomic E-state index is 0.341. The van der Waals surface area contributed by atoms with Gasteiger partial charge < -0.3 is 5.11 Å². The molecule has 5 heteroatoms. The van der Waals surface area contributed by atoms with Gasteiger partial charge in [-0.15, -0.1) is 0 Å². The highest BCUT2D eigenvalue weighted by Gasteiger charge is 2.24. The van der Waals surface area contributed by atoms with Crippen LogP contribution in [-0.4, -0.2) is 19.9 Å². The molecule has 0 saturated carbocycles. The van der Waals surface area contributed by atoms with Crippen molar-refractivity contribution in [1.29, 1.82) is 0 Å². The molecular weight excluding hydrogens is 226 g/mol. The highest BCUT2D eigenvalue weighted by molar-refractivity contribution is 6.30. The van der Waals surface area contributed by atoms with E-state index in [9.17, 15) is 5.11 Å². The van der Waals surface area contributed by atoms with Gasteiger partial charge in [-0.1, -0.05) is 23.7 Å². The highest BCUT2D eigenvalue weighted by atomic mass is 35.5. The molecule has 1 unspecified atom stereocenters. The van der Waals surface area contributed by atoms with E-state index < -0.39 is 5.60 Å². The van der Waals surface area contributed by atoms with Gasteiger partial charge in [-0.25, -0.2) is 9.67 Å². The lowest BCUT2D eigenvalue weighted by molar-refractivity contribution is 0.0345. The Bertz CT molecular complexity index is 468. The molecule has 0 bridgehead atoms. The SMILES string of the molecule is CC(O)(Cn1cncn1)c1cccc(Cl)c1. The molecule has 0 spiro atoms. The lowest BCUT2D eigenvalue weighted by Crippen LogP contribution is -2.28. The summed E-state index contributed by atoms with van der Waals surface area (Å²) >= 11 is 5.89. The third-order valence-corrected chi connectivity index (χ3v) is 2.62. The Kier molecular flexibility index (Phi) is 2.94. The molecule has 0 saturated heterocycles. The fourth-order valence-electron chi connectivity index (χ4n) is 1.54. The van der Waals surface area contributed by atoms with Crippen LogP contribution in [0, 0.1) is 0 Å². The number of aromatic nitrogens is 3. The molecule has 2 rings (SSSR count). The Morgan fingerprint density at radius 2 is 2.31 bits per heavy atom. The Hall–Kier alpha value is -1.39. The van der Waals surface area contributed by atoms with Gasteiger partial charge in [0.2, 0.25) is 0 Å². The van der Waals surface area contributed by atoms with Crippen molar-refractivity contribution in [1.82, 2.24) is 14.8 Å². The van der Waals surface area contributed by atoms with E-state index in [0.29, 0.717) is 11.6 Å². The molecule has 1 N–H and O–H groups in total. The molecule has 16 heavy (non-hydrogen) atoms. The molecule has 0 aliphatic rings. The first-order valence-corrected chi connectivity index (χ1v) is 5.26. The van der Waals surface area contributed by atoms with Crippen LogP contribution in [-0.2, 0) is 12.1 Å². The summed E-state index contributed by atoms with van der Waals surface area (Å²) in [6.45, 7) is 2.06. The van der Waals surface area contributed by atoms with Gasteiger partial charge in [0.05, 0.1) is 6.54 Å². The molecule has 4 nitrogen and oxygen atoms in total. The molecule has 0 amide bonds. The van der Waals surface area contributed by atoms with E-state index in [2.05, 4.69) is 10.1 Å². The zero-order valence-corrected chi connectivity index (χ0v) is 9.59. The van der Waals surface area contributed by atoms with Crippen LogP contribution in [0.5, 0.6) is 0 Å². The number of benzene rings is 1. The van der Waals surface area contributed by atoms with Crippen LogP contribution in [0.4, 0.5) is 0 Å². The van der Waals surface area contributed by atoms with Gasteiger partial charge in [0, 0.05) is 5.02 Å². The second-order valence-corrected chi connectivity index (χ2v) is 4.31. The van der Waals surface area contributed by atoms with Crippen LogP contribution in [0.2, 0.25) is 5.02 Å². The van der Waals surface area contributed by atoms with Crippen LogP contribution < -0.4 is 0 Å². The van der Waals surface area contributed by atoms with Gasteiger partial charge in [0.15, 0.2) is 0 Å². The molecule has 84 valence electrons. The van der Waals surface area contributed by atoms with Gasteiger partial charge in [0.1, 0.15) is 18.3 Å². The average molecular weight is 238 g/mol. The summed E-state index contributed by atoms with van der Waals surface area (Å²) in [4.78, 5) is 3.83. The van der Waals surface area contributed by atoms with E-state index in [1.165, 1.54) is 6.33 Å². The van der Waals surface area contributed by atoms with Gasteiger partial charge in [-0.05, 0) is 24.6 Å². The standard InChI is InChI=1S/C11H12ClN3O/c1-11(16,6-15-8-13-7-14-15)9-3-2-4-10(12)5-9/h2-5,7-8,16H,6H2,1H3. The number of nitrogens with zero attached hydrogens (tertiary/aromatic N) is 3. The van der Waals surface area contributed by atoms with Crippen LogP contribution in [0.25, 0.3) is 0 Å². The predicted octanol–water partition coefficient (Wildman–Crippen LogP) is 1.84. The monoisotopic (exact) mass is 237 g/mol. The van der Waals surface area contributed by atoms with Crippen molar-refractivity contribution in [2.24, 2.45) is 0 Å². The Labute approximate surface area is 98.5 Å². The van der Waals surface area contributed by atoms with Crippen LogP contribution in [0.3, 0.4) is 0 Å². The van der Waals surface area contributed by atoms with Crippen molar-refractivity contribution in [3.05, 3.63) is 47.5 Å². The van der Waals surface area contributed by atoms with Crippen LogP contribution >= 0.6 is 11.6 Å². The third-order valence-electron chi connectivity index (χ3n) is 2.38. The van der Waals surface area contributed by atoms with Crippen molar-refractivity contribution in [3.8, 4) is 0 Å². The maximum Gasteiger partial charge on any atom is 0.137 e. The van der Waals surface area contributed by atoms with Crippen molar-refractivity contribution >= 4 is 11.6 Å². The predicted molar refractivity (Wildman–Crippen MR) is 61.0 cm³/mol. The molecule has 0 aliphatic heterocycles. The van der Waals surface area contributed by atoms with Gasteiger partial charge in [-0.2, -0.15) is 5.10 Å². The fraction of sp³-hybridized carbons (Fsp3) is 0.273. The molecule has 2 aromatic rings. The number of aliphatic hydroxyl groups is 1. The normalized spacial score (nSPS) is 14.7. The average Bonchev–Trinajstić information content (AvgIpc) is 2.70. The summed E-state index contributed by atoms with van der Waals surface area (Å²) in [5, 5.41) is 14.9. The van der Waals surface area contributed by atoms with E-state index in [0.717, 1.165) is 5.56 Å². The number of hydrogen-bond donors (Lipinski definition) is 1. The molecule has 1 aromatic heterocycles. The van der Waals surface area contributed by atoms with Gasteiger partial charge in [0.25, 0.3) is 0 Å². The second-order valence-electron chi connectivity index (χ2n) is 3.88. The molecule has 1 heterocycles. The maximum atomic E-state index is 10.3. The first kappa shape index (κ1) is 11.1. The number of rotatable bonds is 3. The van der Waals surface area contributed by atoms with Crippen LogP contribution in [0.1, 0.15) is 12.5 Å². The summed E-state index contributed by atoms with van der Waals surface area (Å²) in [5.41, 5.74) is -0.256. The second kappa shape index (κ2) is 4.23. The summed E-state index contributed by atoms with van der Waals surface area (Å²) < 4.78 is 1.58. The Morgan fingerprint density at radius 1 is 1.50 bits per heavy atom. The van der Waals surface area contributed by atoms with E-state index in [4.69, 9.17) is 11.6 Å². The zero-order valence-electron chi connectivity index (χ0n) is 8.84. The Balaban J connectivity index is 2.24. The lowest BCUT2D eigenvalue weighted by Gasteiger charge is -2.23. The topological polar surface area (TPSA) is 50.9 Å². The van der Waals surface area contributed by atoms with E-state index in [1.54, 1.807) is 30.1 Å².